The molecule has 3 nitrogen and oxygen atoms in total. The first-order chi connectivity index (χ1) is 8.79. The predicted octanol–water partition coefficient (Wildman–Crippen LogP) is 2.81. The topological polar surface area (TPSA) is 52.3 Å². The lowest BCUT2D eigenvalue weighted by molar-refractivity contribution is 0.0374. The maximum absolute atomic E-state index is 11.8. The van der Waals surface area contributed by atoms with E-state index in [9.17, 15) is 4.79 Å². The second-order valence-electron chi connectivity index (χ2n) is 4.89. The highest BCUT2D eigenvalue weighted by atomic mass is 16.5. The van der Waals surface area contributed by atoms with Gasteiger partial charge >= 0.3 is 5.97 Å². The van der Waals surface area contributed by atoms with Crippen LogP contribution in [0, 0.1) is 0 Å². The third kappa shape index (κ3) is 1.85. The highest BCUT2D eigenvalue weighted by Gasteiger charge is 2.30. The van der Waals surface area contributed by atoms with Crippen LogP contribution in [0.3, 0.4) is 0 Å². The minimum absolute atomic E-state index is 0.149. The van der Waals surface area contributed by atoms with E-state index in [0.717, 1.165) is 29.5 Å². The van der Waals surface area contributed by atoms with Gasteiger partial charge in [-0.15, -0.1) is 0 Å². The molecule has 94 valence electrons. The van der Waals surface area contributed by atoms with E-state index in [-0.39, 0.29) is 12.1 Å². The van der Waals surface area contributed by atoms with Crippen molar-refractivity contribution in [3.8, 4) is 0 Å². The van der Waals surface area contributed by atoms with Crippen LogP contribution in [0.5, 0.6) is 0 Å². The van der Waals surface area contributed by atoms with Gasteiger partial charge in [-0.2, -0.15) is 0 Å². The molecule has 1 aromatic carbocycles. The van der Waals surface area contributed by atoms with Gasteiger partial charge in [0, 0.05) is 12.0 Å². The Morgan fingerprint density at radius 3 is 3.00 bits per heavy atom. The van der Waals surface area contributed by atoms with E-state index in [1.807, 2.05) is 12.1 Å². The van der Waals surface area contributed by atoms with Crippen molar-refractivity contribution in [2.24, 2.45) is 5.73 Å². The largest absolute Gasteiger partial charge is 0.454 e. The molecule has 1 atom stereocenters. The summed E-state index contributed by atoms with van der Waals surface area (Å²) < 4.78 is 5.35. The summed E-state index contributed by atoms with van der Waals surface area (Å²) >= 11 is 0. The van der Waals surface area contributed by atoms with Crippen molar-refractivity contribution < 1.29 is 9.53 Å². The molecule has 2 N–H and O–H groups in total. The summed E-state index contributed by atoms with van der Waals surface area (Å²) in [6.45, 7) is 0.532. The minimum atomic E-state index is -0.205. The van der Waals surface area contributed by atoms with E-state index in [1.165, 1.54) is 12.0 Å². The van der Waals surface area contributed by atoms with Crippen LogP contribution in [0.15, 0.2) is 24.3 Å². The number of hydrogen-bond acceptors (Lipinski definition) is 3. The molecule has 3 heteroatoms. The van der Waals surface area contributed by atoms with Crippen LogP contribution in [0.25, 0.3) is 5.57 Å². The summed E-state index contributed by atoms with van der Waals surface area (Å²) in [6.07, 6.45) is 6.28. The second kappa shape index (κ2) is 4.58. The van der Waals surface area contributed by atoms with Crippen LogP contribution in [0.2, 0.25) is 0 Å². The molecule has 1 heterocycles. The standard InChI is InChI=1S/C15H17NO2/c16-8-7-14-12-6-5-11(10-3-1-2-4-10)9-13(12)15(17)18-14/h3,5-6,9,14H,1-2,4,7-8,16H2. The van der Waals surface area contributed by atoms with Crippen LogP contribution >= 0.6 is 0 Å². The molecule has 1 unspecified atom stereocenters. The van der Waals surface area contributed by atoms with Gasteiger partial charge in [-0.25, -0.2) is 4.79 Å². The predicted molar refractivity (Wildman–Crippen MR) is 70.1 cm³/mol. The molecule has 0 aromatic heterocycles. The summed E-state index contributed by atoms with van der Waals surface area (Å²) in [5, 5.41) is 0. The Balaban J connectivity index is 1.96. The molecule has 0 bridgehead atoms. The summed E-state index contributed by atoms with van der Waals surface area (Å²) in [5.74, 6) is -0.205. The van der Waals surface area contributed by atoms with Crippen LogP contribution in [0.4, 0.5) is 0 Å². The Morgan fingerprint density at radius 1 is 1.39 bits per heavy atom. The molecule has 0 radical (unpaired) electrons. The second-order valence-corrected chi connectivity index (χ2v) is 4.89. The van der Waals surface area contributed by atoms with E-state index < -0.39 is 0 Å². The third-order valence-corrected chi connectivity index (χ3v) is 3.71. The molecule has 18 heavy (non-hydrogen) atoms. The molecule has 0 spiro atoms. The molecular formula is C15H17NO2. The number of cyclic esters (lactones) is 1. The zero-order valence-electron chi connectivity index (χ0n) is 10.3. The van der Waals surface area contributed by atoms with Gasteiger partial charge in [0.2, 0.25) is 0 Å². The van der Waals surface area contributed by atoms with Crippen molar-refractivity contribution in [3.05, 3.63) is 41.0 Å². The zero-order valence-corrected chi connectivity index (χ0v) is 10.3. The van der Waals surface area contributed by atoms with Gasteiger partial charge < -0.3 is 10.5 Å². The first-order valence-electron chi connectivity index (χ1n) is 6.54. The van der Waals surface area contributed by atoms with Crippen LogP contribution in [-0.2, 0) is 4.74 Å². The highest BCUT2D eigenvalue weighted by molar-refractivity contribution is 5.95. The number of esters is 1. The minimum Gasteiger partial charge on any atom is -0.454 e. The Labute approximate surface area is 107 Å². The fourth-order valence-corrected chi connectivity index (χ4v) is 2.77. The molecule has 0 saturated heterocycles. The first kappa shape index (κ1) is 11.5. The number of ether oxygens (including phenoxy) is 1. The number of rotatable bonds is 3. The van der Waals surface area contributed by atoms with E-state index in [2.05, 4.69) is 12.1 Å². The summed E-state index contributed by atoms with van der Waals surface area (Å²) in [5.41, 5.74) is 9.77. The van der Waals surface area contributed by atoms with Crippen molar-refractivity contribution in [2.75, 3.05) is 6.54 Å². The SMILES string of the molecule is NCCC1OC(=O)c2cc(C3=CCCC3)ccc21. The van der Waals surface area contributed by atoms with E-state index in [1.54, 1.807) is 0 Å². The Morgan fingerprint density at radius 2 is 2.28 bits per heavy atom. The van der Waals surface area contributed by atoms with Crippen molar-refractivity contribution in [1.82, 2.24) is 0 Å². The van der Waals surface area contributed by atoms with Crippen LogP contribution in [-0.4, -0.2) is 12.5 Å². The number of fused-ring (bicyclic) bond motifs is 1. The smallest absolute Gasteiger partial charge is 0.339 e. The van der Waals surface area contributed by atoms with Crippen molar-refractivity contribution in [2.45, 2.75) is 31.8 Å². The summed E-state index contributed by atoms with van der Waals surface area (Å²) in [7, 11) is 0. The molecule has 0 saturated carbocycles. The number of carbonyl (C=O) groups is 1. The Hall–Kier alpha value is -1.61. The zero-order chi connectivity index (χ0) is 12.5. The first-order valence-corrected chi connectivity index (χ1v) is 6.54. The van der Waals surface area contributed by atoms with Gasteiger partial charge in [0.1, 0.15) is 6.10 Å². The Kier molecular flexibility index (Phi) is 2.92. The molecule has 1 aromatic rings. The maximum atomic E-state index is 11.8. The average Bonchev–Trinajstić information content (AvgIpc) is 2.99. The summed E-state index contributed by atoms with van der Waals surface area (Å²) in [4.78, 5) is 11.8. The van der Waals surface area contributed by atoms with Crippen molar-refractivity contribution >= 4 is 11.5 Å². The third-order valence-electron chi connectivity index (χ3n) is 3.71. The van der Waals surface area contributed by atoms with Gasteiger partial charge in [0.05, 0.1) is 5.56 Å². The number of benzene rings is 1. The molecular weight excluding hydrogens is 226 g/mol. The quantitative estimate of drug-likeness (QED) is 0.830. The van der Waals surface area contributed by atoms with Crippen molar-refractivity contribution in [3.63, 3.8) is 0 Å². The Bertz CT molecular complexity index is 519. The number of hydrogen-bond donors (Lipinski definition) is 1. The van der Waals surface area contributed by atoms with Crippen molar-refractivity contribution in [1.29, 1.82) is 0 Å². The van der Waals surface area contributed by atoms with Gasteiger partial charge in [0.25, 0.3) is 0 Å². The van der Waals surface area contributed by atoms with Gasteiger partial charge in [0.15, 0.2) is 0 Å². The van der Waals surface area contributed by atoms with E-state index >= 15 is 0 Å². The monoisotopic (exact) mass is 243 g/mol. The normalized spacial score (nSPS) is 21.7. The highest BCUT2D eigenvalue weighted by Crippen LogP contribution is 2.36. The van der Waals surface area contributed by atoms with Gasteiger partial charge in [-0.1, -0.05) is 18.2 Å². The number of nitrogens with two attached hydrogens (primary N) is 1. The fraction of sp³-hybridized carbons (Fsp3) is 0.400. The average molecular weight is 243 g/mol. The van der Waals surface area contributed by atoms with Crippen LogP contribution in [0.1, 0.15) is 53.3 Å². The van der Waals surface area contributed by atoms with Crippen LogP contribution < -0.4 is 5.73 Å². The lowest BCUT2D eigenvalue weighted by Crippen LogP contribution is -2.06. The molecule has 3 rings (SSSR count). The molecule has 0 fully saturated rings. The molecule has 1 aliphatic carbocycles. The lowest BCUT2D eigenvalue weighted by Gasteiger charge is -2.09. The maximum Gasteiger partial charge on any atom is 0.339 e. The van der Waals surface area contributed by atoms with E-state index in [4.69, 9.17) is 10.5 Å². The lowest BCUT2D eigenvalue weighted by atomic mass is 9.97. The van der Waals surface area contributed by atoms with E-state index in [0.29, 0.717) is 13.0 Å². The molecule has 1 aliphatic heterocycles. The summed E-state index contributed by atoms with van der Waals surface area (Å²) in [6, 6.07) is 6.10. The van der Waals surface area contributed by atoms with Gasteiger partial charge in [-0.3, -0.25) is 0 Å². The number of allylic oxidation sites excluding steroid dienone is 2. The molecule has 0 amide bonds. The fourth-order valence-electron chi connectivity index (χ4n) is 2.77. The molecule has 2 aliphatic rings. The van der Waals surface area contributed by atoms with Gasteiger partial charge in [-0.05, 0) is 43.0 Å². The number of carbonyl (C=O) groups excluding carboxylic acids is 1.